The number of rotatable bonds is 2. The summed E-state index contributed by atoms with van der Waals surface area (Å²) in [6.45, 7) is 1.84. The van der Waals surface area contributed by atoms with Crippen molar-refractivity contribution in [1.82, 2.24) is 4.98 Å². The van der Waals surface area contributed by atoms with Gasteiger partial charge < -0.3 is 4.74 Å². The minimum absolute atomic E-state index is 0.332. The van der Waals surface area contributed by atoms with Crippen LogP contribution in [-0.4, -0.2) is 4.98 Å². The third kappa shape index (κ3) is 2.96. The molecule has 0 N–H and O–H groups in total. The van der Waals surface area contributed by atoms with Crippen LogP contribution in [-0.2, 0) is 0 Å². The minimum atomic E-state index is -0.360. The minimum Gasteiger partial charge on any atom is -0.456 e. The Bertz CT molecular complexity index is 513. The molecule has 2 aromatic rings. The number of nitrogens with zero attached hydrogens (tertiary/aromatic N) is 1. The predicted molar refractivity (Wildman–Crippen MR) is 68.2 cm³/mol. The van der Waals surface area contributed by atoms with E-state index >= 15 is 0 Å². The maximum atomic E-state index is 13.1. The van der Waals surface area contributed by atoms with Gasteiger partial charge in [0.2, 0.25) is 0 Å². The first-order chi connectivity index (χ1) is 8.06. The molecule has 0 atom stereocenters. The van der Waals surface area contributed by atoms with Crippen molar-refractivity contribution in [1.29, 1.82) is 0 Å². The predicted octanol–water partition coefficient (Wildman–Crippen LogP) is 4.74. The van der Waals surface area contributed by atoms with Gasteiger partial charge in [-0.1, -0.05) is 11.6 Å². The largest absolute Gasteiger partial charge is 0.456 e. The topological polar surface area (TPSA) is 22.1 Å². The van der Waals surface area contributed by atoms with Crippen LogP contribution in [0.1, 0.15) is 5.56 Å². The molecule has 0 aliphatic heterocycles. The molecule has 0 saturated carbocycles. The molecule has 0 unspecified atom stereocenters. The Morgan fingerprint density at radius 2 is 2.06 bits per heavy atom. The molecule has 1 aromatic heterocycles. The highest BCUT2D eigenvalue weighted by molar-refractivity contribution is 9.10. The van der Waals surface area contributed by atoms with E-state index < -0.39 is 0 Å². The maximum Gasteiger partial charge on any atom is 0.144 e. The lowest BCUT2D eigenvalue weighted by atomic mass is 10.3. The molecule has 1 heterocycles. The highest BCUT2D eigenvalue weighted by atomic mass is 79.9. The van der Waals surface area contributed by atoms with E-state index in [1.165, 1.54) is 12.1 Å². The summed E-state index contributed by atoms with van der Waals surface area (Å²) in [4.78, 5) is 3.92. The molecule has 1 aromatic carbocycles. The Labute approximate surface area is 112 Å². The summed E-state index contributed by atoms with van der Waals surface area (Å²) in [7, 11) is 0. The highest BCUT2D eigenvalue weighted by Gasteiger charge is 2.07. The molecular formula is C12H8BrClFNO. The van der Waals surface area contributed by atoms with Crippen LogP contribution in [0.2, 0.25) is 5.15 Å². The SMILES string of the molecule is Cc1cnc(Cl)cc1Oc1cc(F)ccc1Br. The van der Waals surface area contributed by atoms with Gasteiger partial charge >= 0.3 is 0 Å². The number of aromatic nitrogens is 1. The Morgan fingerprint density at radius 3 is 2.82 bits per heavy atom. The second kappa shape index (κ2) is 5.02. The summed E-state index contributed by atoms with van der Waals surface area (Å²) in [5.74, 6) is 0.590. The molecule has 0 aliphatic rings. The van der Waals surface area contributed by atoms with Crippen LogP contribution in [0.25, 0.3) is 0 Å². The molecule has 88 valence electrons. The summed E-state index contributed by atoms with van der Waals surface area (Å²) in [5, 5.41) is 0.332. The van der Waals surface area contributed by atoms with E-state index in [-0.39, 0.29) is 5.82 Å². The highest BCUT2D eigenvalue weighted by Crippen LogP contribution is 2.32. The van der Waals surface area contributed by atoms with E-state index in [9.17, 15) is 4.39 Å². The Hall–Kier alpha value is -1.13. The molecule has 2 rings (SSSR count). The van der Waals surface area contributed by atoms with Crippen molar-refractivity contribution in [2.75, 3.05) is 0 Å². The molecule has 5 heteroatoms. The van der Waals surface area contributed by atoms with Crippen LogP contribution in [0, 0.1) is 12.7 Å². The van der Waals surface area contributed by atoms with E-state index in [1.807, 2.05) is 6.92 Å². The van der Waals surface area contributed by atoms with E-state index in [1.54, 1.807) is 18.3 Å². The normalized spacial score (nSPS) is 10.4. The maximum absolute atomic E-state index is 13.1. The zero-order valence-electron chi connectivity index (χ0n) is 8.88. The van der Waals surface area contributed by atoms with Gasteiger partial charge in [0.05, 0.1) is 4.47 Å². The fourth-order valence-electron chi connectivity index (χ4n) is 1.27. The van der Waals surface area contributed by atoms with E-state index in [4.69, 9.17) is 16.3 Å². The van der Waals surface area contributed by atoms with Crippen LogP contribution in [0.3, 0.4) is 0 Å². The van der Waals surface area contributed by atoms with Crippen molar-refractivity contribution in [3.8, 4) is 11.5 Å². The van der Waals surface area contributed by atoms with Gasteiger partial charge in [0.15, 0.2) is 0 Å². The second-order valence-corrected chi connectivity index (χ2v) is 4.69. The first-order valence-corrected chi connectivity index (χ1v) is 5.98. The molecule has 0 bridgehead atoms. The van der Waals surface area contributed by atoms with Gasteiger partial charge in [-0.25, -0.2) is 9.37 Å². The third-order valence-corrected chi connectivity index (χ3v) is 3.00. The van der Waals surface area contributed by atoms with Crippen LogP contribution >= 0.6 is 27.5 Å². The molecule has 2 nitrogen and oxygen atoms in total. The van der Waals surface area contributed by atoms with Crippen molar-refractivity contribution in [3.05, 3.63) is 51.5 Å². The third-order valence-electron chi connectivity index (χ3n) is 2.13. The van der Waals surface area contributed by atoms with Crippen molar-refractivity contribution in [3.63, 3.8) is 0 Å². The molecule has 0 amide bonds. The van der Waals surface area contributed by atoms with Crippen LogP contribution < -0.4 is 4.74 Å². The lowest BCUT2D eigenvalue weighted by Gasteiger charge is -2.10. The molecule has 0 saturated heterocycles. The molecule has 0 spiro atoms. The van der Waals surface area contributed by atoms with Gasteiger partial charge in [0.25, 0.3) is 0 Å². The average molecular weight is 317 g/mol. The van der Waals surface area contributed by atoms with Crippen molar-refractivity contribution >= 4 is 27.5 Å². The number of hydrogen-bond donors (Lipinski definition) is 0. The number of hydrogen-bond acceptors (Lipinski definition) is 2. The lowest BCUT2D eigenvalue weighted by molar-refractivity contribution is 0.469. The van der Waals surface area contributed by atoms with Crippen molar-refractivity contribution in [2.24, 2.45) is 0 Å². The summed E-state index contributed by atoms with van der Waals surface area (Å²) < 4.78 is 19.4. The van der Waals surface area contributed by atoms with E-state index in [0.717, 1.165) is 5.56 Å². The van der Waals surface area contributed by atoms with Gasteiger partial charge in [-0.05, 0) is 35.0 Å². The van der Waals surface area contributed by atoms with Crippen molar-refractivity contribution in [2.45, 2.75) is 6.92 Å². The quantitative estimate of drug-likeness (QED) is 0.747. The van der Waals surface area contributed by atoms with Gasteiger partial charge in [0, 0.05) is 23.9 Å². The monoisotopic (exact) mass is 315 g/mol. The first kappa shape index (κ1) is 12.3. The van der Waals surface area contributed by atoms with Gasteiger partial charge in [-0.3, -0.25) is 0 Å². The number of ether oxygens (including phenoxy) is 1. The summed E-state index contributed by atoms with van der Waals surface area (Å²) in [6, 6.07) is 5.83. The van der Waals surface area contributed by atoms with Gasteiger partial charge in [0.1, 0.15) is 22.5 Å². The second-order valence-electron chi connectivity index (χ2n) is 3.45. The molecule has 17 heavy (non-hydrogen) atoms. The molecule has 0 fully saturated rings. The summed E-state index contributed by atoms with van der Waals surface area (Å²) in [5.41, 5.74) is 0.825. The Morgan fingerprint density at radius 1 is 1.29 bits per heavy atom. The zero-order valence-corrected chi connectivity index (χ0v) is 11.2. The van der Waals surface area contributed by atoms with Gasteiger partial charge in [-0.15, -0.1) is 0 Å². The fraction of sp³-hybridized carbons (Fsp3) is 0.0833. The number of halogens is 3. The average Bonchev–Trinajstić information content (AvgIpc) is 2.28. The number of pyridine rings is 1. The Kier molecular flexibility index (Phi) is 3.64. The van der Waals surface area contributed by atoms with Crippen LogP contribution in [0.5, 0.6) is 11.5 Å². The molecule has 0 aliphatic carbocycles. The molecule has 0 radical (unpaired) electrons. The lowest BCUT2D eigenvalue weighted by Crippen LogP contribution is -1.91. The van der Waals surface area contributed by atoms with Crippen LogP contribution in [0.4, 0.5) is 4.39 Å². The summed E-state index contributed by atoms with van der Waals surface area (Å²) >= 11 is 9.07. The van der Waals surface area contributed by atoms with E-state index in [2.05, 4.69) is 20.9 Å². The fourth-order valence-corrected chi connectivity index (χ4v) is 1.74. The smallest absolute Gasteiger partial charge is 0.144 e. The number of benzene rings is 1. The van der Waals surface area contributed by atoms with Crippen molar-refractivity contribution < 1.29 is 9.13 Å². The molecular weight excluding hydrogens is 308 g/mol. The van der Waals surface area contributed by atoms with Crippen LogP contribution in [0.15, 0.2) is 34.9 Å². The first-order valence-electron chi connectivity index (χ1n) is 4.81. The zero-order chi connectivity index (χ0) is 12.4. The van der Waals surface area contributed by atoms with E-state index in [0.29, 0.717) is 21.1 Å². The number of aryl methyl sites for hydroxylation is 1. The van der Waals surface area contributed by atoms with Gasteiger partial charge in [-0.2, -0.15) is 0 Å². The Balaban J connectivity index is 2.37. The summed E-state index contributed by atoms with van der Waals surface area (Å²) in [6.07, 6.45) is 1.60. The standard InChI is InChI=1S/C12H8BrClFNO/c1-7-6-16-12(14)5-10(7)17-11-4-8(15)2-3-9(11)13/h2-6H,1H3.